The summed E-state index contributed by atoms with van der Waals surface area (Å²) in [5, 5.41) is 12.3. The number of benzene rings is 1. The Balaban J connectivity index is 2.73. The lowest BCUT2D eigenvalue weighted by Gasteiger charge is -2.21. The molecule has 0 bridgehead atoms. The Morgan fingerprint density at radius 2 is 1.88 bits per heavy atom. The van der Waals surface area contributed by atoms with Gasteiger partial charge in [0, 0.05) is 11.1 Å². The fourth-order valence-corrected chi connectivity index (χ4v) is 1.31. The Labute approximate surface area is 103 Å². The van der Waals surface area contributed by atoms with Crippen molar-refractivity contribution in [1.29, 1.82) is 0 Å². The molecule has 0 fully saturated rings. The SMILES string of the molecule is CCC(C)(C)C(=O)Nc1ccc(C(C)O)cc1. The van der Waals surface area contributed by atoms with Crippen molar-refractivity contribution in [2.45, 2.75) is 40.2 Å². The highest BCUT2D eigenvalue weighted by Crippen LogP contribution is 2.23. The van der Waals surface area contributed by atoms with Crippen LogP contribution in [0, 0.1) is 5.41 Å². The van der Waals surface area contributed by atoms with E-state index >= 15 is 0 Å². The molecule has 3 heteroatoms. The molecule has 0 radical (unpaired) electrons. The van der Waals surface area contributed by atoms with Crippen LogP contribution in [0.4, 0.5) is 5.69 Å². The van der Waals surface area contributed by atoms with Gasteiger partial charge in [-0.3, -0.25) is 4.79 Å². The van der Waals surface area contributed by atoms with Crippen molar-refractivity contribution >= 4 is 11.6 Å². The molecule has 1 aromatic rings. The molecule has 1 unspecified atom stereocenters. The number of carbonyl (C=O) groups is 1. The number of hydrogen-bond acceptors (Lipinski definition) is 2. The van der Waals surface area contributed by atoms with Gasteiger partial charge in [-0.2, -0.15) is 0 Å². The summed E-state index contributed by atoms with van der Waals surface area (Å²) < 4.78 is 0. The average molecular weight is 235 g/mol. The zero-order chi connectivity index (χ0) is 13.1. The van der Waals surface area contributed by atoms with Gasteiger partial charge in [-0.05, 0) is 31.0 Å². The van der Waals surface area contributed by atoms with E-state index in [1.807, 2.05) is 45.0 Å². The first-order valence-corrected chi connectivity index (χ1v) is 5.96. The van der Waals surface area contributed by atoms with E-state index in [1.54, 1.807) is 6.92 Å². The quantitative estimate of drug-likeness (QED) is 0.842. The minimum atomic E-state index is -0.480. The molecule has 3 nitrogen and oxygen atoms in total. The van der Waals surface area contributed by atoms with Crippen LogP contribution in [-0.2, 0) is 4.79 Å². The molecule has 0 spiro atoms. The molecule has 1 rings (SSSR count). The standard InChI is InChI=1S/C14H21NO2/c1-5-14(3,4)13(17)15-12-8-6-11(7-9-12)10(2)16/h6-10,16H,5H2,1-4H3,(H,15,17). The first-order valence-electron chi connectivity index (χ1n) is 5.96. The number of nitrogens with one attached hydrogen (secondary N) is 1. The first-order chi connectivity index (χ1) is 7.86. The number of rotatable bonds is 4. The van der Waals surface area contributed by atoms with Crippen molar-refractivity contribution in [2.24, 2.45) is 5.41 Å². The summed E-state index contributed by atoms with van der Waals surface area (Å²) in [4.78, 5) is 11.9. The van der Waals surface area contributed by atoms with E-state index < -0.39 is 6.10 Å². The number of anilines is 1. The predicted octanol–water partition coefficient (Wildman–Crippen LogP) is 3.11. The highest BCUT2D eigenvalue weighted by atomic mass is 16.3. The number of aliphatic hydroxyl groups excluding tert-OH is 1. The third kappa shape index (κ3) is 3.56. The molecule has 0 aliphatic heterocycles. The molecule has 0 aliphatic carbocycles. The van der Waals surface area contributed by atoms with Gasteiger partial charge in [0.25, 0.3) is 0 Å². The van der Waals surface area contributed by atoms with Crippen LogP contribution in [0.15, 0.2) is 24.3 Å². The minimum absolute atomic E-state index is 0.0183. The van der Waals surface area contributed by atoms with E-state index in [4.69, 9.17) is 0 Å². The van der Waals surface area contributed by atoms with Gasteiger partial charge in [0.05, 0.1) is 6.10 Å². The topological polar surface area (TPSA) is 49.3 Å². The lowest BCUT2D eigenvalue weighted by Crippen LogP contribution is -2.29. The molecule has 0 heterocycles. The van der Waals surface area contributed by atoms with Crippen LogP contribution in [0.25, 0.3) is 0 Å². The third-order valence-corrected chi connectivity index (χ3v) is 3.15. The van der Waals surface area contributed by atoms with Crippen LogP contribution in [0.5, 0.6) is 0 Å². The normalized spacial score (nSPS) is 13.2. The number of amides is 1. The largest absolute Gasteiger partial charge is 0.389 e. The van der Waals surface area contributed by atoms with E-state index in [0.717, 1.165) is 17.7 Å². The number of carbonyl (C=O) groups excluding carboxylic acids is 1. The summed E-state index contributed by atoms with van der Waals surface area (Å²) in [6, 6.07) is 7.26. The highest BCUT2D eigenvalue weighted by Gasteiger charge is 2.25. The maximum absolute atomic E-state index is 11.9. The molecule has 0 aliphatic rings. The van der Waals surface area contributed by atoms with Gasteiger partial charge in [0.1, 0.15) is 0 Å². The van der Waals surface area contributed by atoms with Crippen LogP contribution in [0.2, 0.25) is 0 Å². The summed E-state index contributed by atoms with van der Waals surface area (Å²) in [7, 11) is 0. The monoisotopic (exact) mass is 235 g/mol. The van der Waals surface area contributed by atoms with Crippen molar-refractivity contribution in [3.8, 4) is 0 Å². The Bertz CT molecular complexity index is 380. The first kappa shape index (κ1) is 13.7. The fraction of sp³-hybridized carbons (Fsp3) is 0.500. The van der Waals surface area contributed by atoms with Crippen LogP contribution >= 0.6 is 0 Å². The van der Waals surface area contributed by atoms with Gasteiger partial charge in [0.2, 0.25) is 5.91 Å². The average Bonchev–Trinajstić information content (AvgIpc) is 2.29. The van der Waals surface area contributed by atoms with Gasteiger partial charge in [-0.15, -0.1) is 0 Å². The second-order valence-electron chi connectivity index (χ2n) is 4.99. The molecule has 1 atom stereocenters. The van der Waals surface area contributed by atoms with Gasteiger partial charge < -0.3 is 10.4 Å². The van der Waals surface area contributed by atoms with Crippen LogP contribution in [-0.4, -0.2) is 11.0 Å². The lowest BCUT2D eigenvalue weighted by atomic mass is 9.89. The van der Waals surface area contributed by atoms with E-state index in [1.165, 1.54) is 0 Å². The minimum Gasteiger partial charge on any atom is -0.389 e. The molecular weight excluding hydrogens is 214 g/mol. The van der Waals surface area contributed by atoms with Gasteiger partial charge in [0.15, 0.2) is 0 Å². The molecular formula is C14H21NO2. The van der Waals surface area contributed by atoms with Crippen molar-refractivity contribution in [3.05, 3.63) is 29.8 Å². The molecule has 0 saturated carbocycles. The zero-order valence-corrected chi connectivity index (χ0v) is 10.9. The van der Waals surface area contributed by atoms with Crippen LogP contribution < -0.4 is 5.32 Å². The van der Waals surface area contributed by atoms with Crippen molar-refractivity contribution in [3.63, 3.8) is 0 Å². The van der Waals surface area contributed by atoms with Crippen LogP contribution in [0.1, 0.15) is 45.8 Å². The Morgan fingerprint density at radius 1 is 1.35 bits per heavy atom. The van der Waals surface area contributed by atoms with E-state index in [9.17, 15) is 9.90 Å². The second-order valence-corrected chi connectivity index (χ2v) is 4.99. The molecule has 0 aromatic heterocycles. The molecule has 1 aromatic carbocycles. The summed E-state index contributed by atoms with van der Waals surface area (Å²) >= 11 is 0. The number of hydrogen-bond donors (Lipinski definition) is 2. The van der Waals surface area contributed by atoms with Gasteiger partial charge in [-0.25, -0.2) is 0 Å². The summed E-state index contributed by atoms with van der Waals surface area (Å²) in [6.45, 7) is 7.56. The third-order valence-electron chi connectivity index (χ3n) is 3.15. The molecule has 1 amide bonds. The molecule has 2 N–H and O–H groups in total. The Morgan fingerprint density at radius 3 is 2.29 bits per heavy atom. The molecule has 17 heavy (non-hydrogen) atoms. The van der Waals surface area contributed by atoms with Gasteiger partial charge >= 0.3 is 0 Å². The Kier molecular flexibility index (Phi) is 4.29. The molecule has 0 saturated heterocycles. The number of aliphatic hydroxyl groups is 1. The molecule has 94 valence electrons. The highest BCUT2D eigenvalue weighted by molar-refractivity contribution is 5.94. The van der Waals surface area contributed by atoms with Crippen molar-refractivity contribution in [2.75, 3.05) is 5.32 Å². The fourth-order valence-electron chi connectivity index (χ4n) is 1.31. The smallest absolute Gasteiger partial charge is 0.230 e. The Hall–Kier alpha value is -1.35. The van der Waals surface area contributed by atoms with Gasteiger partial charge in [-0.1, -0.05) is 32.9 Å². The van der Waals surface area contributed by atoms with E-state index in [0.29, 0.717) is 0 Å². The van der Waals surface area contributed by atoms with Crippen molar-refractivity contribution in [1.82, 2.24) is 0 Å². The summed E-state index contributed by atoms with van der Waals surface area (Å²) in [6.07, 6.45) is 0.316. The maximum atomic E-state index is 11.9. The maximum Gasteiger partial charge on any atom is 0.230 e. The second kappa shape index (κ2) is 5.32. The van der Waals surface area contributed by atoms with Crippen molar-refractivity contribution < 1.29 is 9.90 Å². The summed E-state index contributed by atoms with van der Waals surface area (Å²) in [5.41, 5.74) is 1.25. The summed E-state index contributed by atoms with van der Waals surface area (Å²) in [5.74, 6) is 0.0183. The van der Waals surface area contributed by atoms with E-state index in [-0.39, 0.29) is 11.3 Å². The van der Waals surface area contributed by atoms with E-state index in [2.05, 4.69) is 5.32 Å². The predicted molar refractivity (Wildman–Crippen MR) is 69.8 cm³/mol. The van der Waals surface area contributed by atoms with Crippen LogP contribution in [0.3, 0.4) is 0 Å². The zero-order valence-electron chi connectivity index (χ0n) is 10.9. The lowest BCUT2D eigenvalue weighted by molar-refractivity contribution is -0.124.